The maximum atomic E-state index is 12.2. The molecule has 1 aliphatic rings. The molecular weight excluding hydrogens is 238 g/mol. The Morgan fingerprint density at radius 3 is 3.16 bits per heavy atom. The highest BCUT2D eigenvalue weighted by Crippen LogP contribution is 2.17. The van der Waals surface area contributed by atoms with Crippen LogP contribution in [0.5, 0.6) is 0 Å². The minimum absolute atomic E-state index is 0.0130. The smallest absolute Gasteiger partial charge is 0.253 e. The van der Waals surface area contributed by atoms with Crippen molar-refractivity contribution < 1.29 is 4.79 Å². The van der Waals surface area contributed by atoms with Crippen LogP contribution < -0.4 is 10.6 Å². The summed E-state index contributed by atoms with van der Waals surface area (Å²) in [6.45, 7) is 2.95. The Balaban J connectivity index is 1.62. The zero-order chi connectivity index (χ0) is 13.1. The lowest BCUT2D eigenvalue weighted by Gasteiger charge is -2.09. The van der Waals surface area contributed by atoms with Gasteiger partial charge in [0.15, 0.2) is 0 Å². The van der Waals surface area contributed by atoms with E-state index in [0.29, 0.717) is 5.92 Å². The zero-order valence-electron chi connectivity index (χ0n) is 10.9. The molecule has 19 heavy (non-hydrogen) atoms. The minimum Gasteiger partial charge on any atom is -0.361 e. The molecule has 3 N–H and O–H groups in total. The summed E-state index contributed by atoms with van der Waals surface area (Å²) in [6, 6.07) is 7.78. The van der Waals surface area contributed by atoms with Gasteiger partial charge in [0.2, 0.25) is 0 Å². The lowest BCUT2D eigenvalue weighted by molar-refractivity contribution is 0.0953. The molecule has 0 radical (unpaired) electrons. The summed E-state index contributed by atoms with van der Waals surface area (Å²) < 4.78 is 0. The van der Waals surface area contributed by atoms with E-state index in [2.05, 4.69) is 15.6 Å². The van der Waals surface area contributed by atoms with Crippen molar-refractivity contribution in [3.8, 4) is 0 Å². The molecule has 1 aromatic carbocycles. The molecule has 3 rings (SSSR count). The summed E-state index contributed by atoms with van der Waals surface area (Å²) >= 11 is 0. The van der Waals surface area contributed by atoms with Gasteiger partial charge in [0.1, 0.15) is 0 Å². The lowest BCUT2D eigenvalue weighted by Crippen LogP contribution is -2.26. The van der Waals surface area contributed by atoms with E-state index in [1.165, 1.54) is 6.42 Å². The van der Waals surface area contributed by atoms with Crippen LogP contribution >= 0.6 is 0 Å². The van der Waals surface area contributed by atoms with E-state index >= 15 is 0 Å². The lowest BCUT2D eigenvalue weighted by atomic mass is 10.1. The third-order valence-electron chi connectivity index (χ3n) is 3.83. The monoisotopic (exact) mass is 257 g/mol. The van der Waals surface area contributed by atoms with Crippen LogP contribution in [-0.2, 0) is 0 Å². The molecule has 1 saturated heterocycles. The van der Waals surface area contributed by atoms with E-state index in [-0.39, 0.29) is 5.91 Å². The first kappa shape index (κ1) is 12.2. The molecule has 1 aliphatic heterocycles. The van der Waals surface area contributed by atoms with Gasteiger partial charge in [0.25, 0.3) is 5.91 Å². The second kappa shape index (κ2) is 5.45. The number of hydrogen-bond donors (Lipinski definition) is 3. The van der Waals surface area contributed by atoms with Crippen molar-refractivity contribution in [1.29, 1.82) is 0 Å². The molecule has 0 bridgehead atoms. The summed E-state index contributed by atoms with van der Waals surface area (Å²) in [5.41, 5.74) is 1.65. The summed E-state index contributed by atoms with van der Waals surface area (Å²) in [5.74, 6) is 0.723. The normalized spacial score (nSPS) is 18.8. The first-order valence-electron chi connectivity index (χ1n) is 6.89. The number of benzene rings is 1. The van der Waals surface area contributed by atoms with Crippen LogP contribution in [0.3, 0.4) is 0 Å². The van der Waals surface area contributed by atoms with Crippen molar-refractivity contribution in [2.45, 2.75) is 12.8 Å². The van der Waals surface area contributed by atoms with Crippen LogP contribution in [0.15, 0.2) is 30.5 Å². The van der Waals surface area contributed by atoms with Crippen LogP contribution in [0.25, 0.3) is 10.9 Å². The van der Waals surface area contributed by atoms with E-state index in [9.17, 15) is 4.79 Å². The van der Waals surface area contributed by atoms with Crippen LogP contribution in [0.2, 0.25) is 0 Å². The summed E-state index contributed by atoms with van der Waals surface area (Å²) in [6.07, 6.45) is 4.15. The number of aromatic nitrogens is 1. The SMILES string of the molecule is O=C(NCCC1CCNC1)c1cccc2cc[nH]c12. The number of carbonyl (C=O) groups is 1. The predicted molar refractivity (Wildman–Crippen MR) is 76.2 cm³/mol. The number of carbonyl (C=O) groups excluding carboxylic acids is 1. The summed E-state index contributed by atoms with van der Waals surface area (Å²) in [7, 11) is 0. The molecule has 1 atom stereocenters. The summed E-state index contributed by atoms with van der Waals surface area (Å²) in [5, 5.41) is 7.44. The first-order chi connectivity index (χ1) is 9.34. The second-order valence-electron chi connectivity index (χ2n) is 5.15. The molecule has 0 spiro atoms. The van der Waals surface area contributed by atoms with E-state index < -0.39 is 0 Å². The predicted octanol–water partition coefficient (Wildman–Crippen LogP) is 1.90. The molecule has 2 heterocycles. The zero-order valence-corrected chi connectivity index (χ0v) is 10.9. The molecule has 0 aliphatic carbocycles. The highest BCUT2D eigenvalue weighted by Gasteiger charge is 2.15. The van der Waals surface area contributed by atoms with Crippen LogP contribution in [-0.4, -0.2) is 30.5 Å². The Bertz CT molecular complexity index is 570. The van der Waals surface area contributed by atoms with Gasteiger partial charge in [-0.25, -0.2) is 0 Å². The molecule has 2 aromatic rings. The van der Waals surface area contributed by atoms with Gasteiger partial charge in [0, 0.05) is 18.1 Å². The second-order valence-corrected chi connectivity index (χ2v) is 5.15. The quantitative estimate of drug-likeness (QED) is 0.783. The van der Waals surface area contributed by atoms with Crippen LogP contribution in [0, 0.1) is 5.92 Å². The van der Waals surface area contributed by atoms with Gasteiger partial charge in [-0.3, -0.25) is 4.79 Å². The maximum Gasteiger partial charge on any atom is 0.253 e. The fourth-order valence-corrected chi connectivity index (χ4v) is 2.72. The number of para-hydroxylation sites is 1. The van der Waals surface area contributed by atoms with Gasteiger partial charge in [-0.05, 0) is 44.0 Å². The number of hydrogen-bond acceptors (Lipinski definition) is 2. The Hall–Kier alpha value is -1.81. The highest BCUT2D eigenvalue weighted by atomic mass is 16.1. The number of H-pyrrole nitrogens is 1. The first-order valence-corrected chi connectivity index (χ1v) is 6.89. The molecule has 1 amide bonds. The van der Waals surface area contributed by atoms with Crippen molar-refractivity contribution in [2.24, 2.45) is 5.92 Å². The van der Waals surface area contributed by atoms with Crippen LogP contribution in [0.1, 0.15) is 23.2 Å². The number of nitrogens with one attached hydrogen (secondary N) is 3. The van der Waals surface area contributed by atoms with Crippen molar-refractivity contribution >= 4 is 16.8 Å². The van der Waals surface area contributed by atoms with Gasteiger partial charge in [-0.15, -0.1) is 0 Å². The largest absolute Gasteiger partial charge is 0.361 e. The molecule has 1 aromatic heterocycles. The van der Waals surface area contributed by atoms with Gasteiger partial charge in [0.05, 0.1) is 11.1 Å². The number of fused-ring (bicyclic) bond motifs is 1. The van der Waals surface area contributed by atoms with Crippen molar-refractivity contribution in [1.82, 2.24) is 15.6 Å². The fourth-order valence-electron chi connectivity index (χ4n) is 2.72. The number of amides is 1. The average molecular weight is 257 g/mol. The molecule has 4 nitrogen and oxygen atoms in total. The fraction of sp³-hybridized carbons (Fsp3) is 0.400. The Morgan fingerprint density at radius 1 is 1.37 bits per heavy atom. The van der Waals surface area contributed by atoms with Gasteiger partial charge < -0.3 is 15.6 Å². The van der Waals surface area contributed by atoms with Crippen molar-refractivity contribution in [3.63, 3.8) is 0 Å². The highest BCUT2D eigenvalue weighted by molar-refractivity contribution is 6.05. The van der Waals surface area contributed by atoms with E-state index in [1.807, 2.05) is 30.5 Å². The third kappa shape index (κ3) is 2.63. The number of aromatic amines is 1. The van der Waals surface area contributed by atoms with Crippen molar-refractivity contribution in [2.75, 3.05) is 19.6 Å². The van der Waals surface area contributed by atoms with E-state index in [0.717, 1.165) is 42.5 Å². The van der Waals surface area contributed by atoms with Crippen molar-refractivity contribution in [3.05, 3.63) is 36.0 Å². The summed E-state index contributed by atoms with van der Waals surface area (Å²) in [4.78, 5) is 15.3. The van der Waals surface area contributed by atoms with Gasteiger partial charge in [-0.2, -0.15) is 0 Å². The maximum absolute atomic E-state index is 12.2. The van der Waals surface area contributed by atoms with Gasteiger partial charge in [-0.1, -0.05) is 12.1 Å². The number of rotatable bonds is 4. The Labute approximate surface area is 112 Å². The molecule has 100 valence electrons. The molecule has 1 unspecified atom stereocenters. The van der Waals surface area contributed by atoms with Crippen LogP contribution in [0.4, 0.5) is 0 Å². The standard InChI is InChI=1S/C15H19N3O/c19-15(18-8-5-11-4-7-16-10-11)13-3-1-2-12-6-9-17-14(12)13/h1-3,6,9,11,16-17H,4-5,7-8,10H2,(H,18,19). The minimum atomic E-state index is 0.0130. The molecule has 4 heteroatoms. The average Bonchev–Trinajstić information content (AvgIpc) is 3.08. The van der Waals surface area contributed by atoms with E-state index in [1.54, 1.807) is 0 Å². The van der Waals surface area contributed by atoms with Gasteiger partial charge >= 0.3 is 0 Å². The van der Waals surface area contributed by atoms with E-state index in [4.69, 9.17) is 0 Å². The molecular formula is C15H19N3O. The molecule has 0 saturated carbocycles. The Kier molecular flexibility index (Phi) is 3.51. The third-order valence-corrected chi connectivity index (χ3v) is 3.83. The topological polar surface area (TPSA) is 56.9 Å². The molecule has 1 fully saturated rings. The Morgan fingerprint density at radius 2 is 2.32 bits per heavy atom.